The third-order valence-electron chi connectivity index (χ3n) is 3.01. The van der Waals surface area contributed by atoms with Gasteiger partial charge < -0.3 is 10.0 Å². The van der Waals surface area contributed by atoms with Gasteiger partial charge in [-0.25, -0.2) is 4.39 Å². The highest BCUT2D eigenvalue weighted by Gasteiger charge is 2.26. The van der Waals surface area contributed by atoms with E-state index in [1.165, 1.54) is 17.0 Å². The predicted octanol–water partition coefficient (Wildman–Crippen LogP) is 1.94. The first-order valence-corrected chi connectivity index (χ1v) is 6.18. The Kier molecular flexibility index (Phi) is 5.48. The number of rotatable bonds is 6. The average Bonchev–Trinajstić information content (AvgIpc) is 2.36. The van der Waals surface area contributed by atoms with Gasteiger partial charge >= 0.3 is 5.97 Å². The van der Waals surface area contributed by atoms with Crippen LogP contribution in [0.4, 0.5) is 4.39 Å². The highest BCUT2D eigenvalue weighted by Crippen LogP contribution is 2.09. The van der Waals surface area contributed by atoms with Crippen LogP contribution in [0.15, 0.2) is 24.3 Å². The van der Waals surface area contributed by atoms with E-state index in [1.54, 1.807) is 26.1 Å². The Balaban J connectivity index is 2.57. The minimum Gasteiger partial charge on any atom is -0.481 e. The summed E-state index contributed by atoms with van der Waals surface area (Å²) in [5, 5.41) is 8.92. The number of aliphatic carboxylic acids is 1. The Bertz CT molecular complexity index is 462. The second-order valence-corrected chi connectivity index (χ2v) is 4.44. The second kappa shape index (κ2) is 6.87. The van der Waals surface area contributed by atoms with Gasteiger partial charge in [0.15, 0.2) is 0 Å². The topological polar surface area (TPSA) is 57.6 Å². The highest BCUT2D eigenvalue weighted by atomic mass is 19.1. The standard InChI is InChI=1S/C14H18FNO3/c1-3-12(14(18)19)13(17)16(2)8-7-10-5-4-6-11(15)9-10/h4-6,9,12H,3,7-8H2,1-2H3,(H,18,19). The van der Waals surface area contributed by atoms with Crippen LogP contribution in [0.5, 0.6) is 0 Å². The highest BCUT2D eigenvalue weighted by molar-refractivity contribution is 5.96. The molecule has 0 aliphatic rings. The zero-order valence-electron chi connectivity index (χ0n) is 11.1. The van der Waals surface area contributed by atoms with Crippen molar-refractivity contribution in [2.75, 3.05) is 13.6 Å². The van der Waals surface area contributed by atoms with Crippen molar-refractivity contribution in [2.24, 2.45) is 5.92 Å². The first-order valence-electron chi connectivity index (χ1n) is 6.18. The quantitative estimate of drug-likeness (QED) is 0.801. The van der Waals surface area contributed by atoms with Crippen LogP contribution in [0.1, 0.15) is 18.9 Å². The average molecular weight is 267 g/mol. The molecule has 1 N–H and O–H groups in total. The Morgan fingerprint density at radius 2 is 2.11 bits per heavy atom. The first kappa shape index (κ1) is 15.1. The molecule has 0 aromatic heterocycles. The van der Waals surface area contributed by atoms with E-state index in [2.05, 4.69) is 0 Å². The Morgan fingerprint density at radius 3 is 2.63 bits per heavy atom. The number of amides is 1. The normalized spacial score (nSPS) is 11.9. The van der Waals surface area contributed by atoms with Gasteiger partial charge in [-0.3, -0.25) is 9.59 Å². The summed E-state index contributed by atoms with van der Waals surface area (Å²) in [6, 6.07) is 6.15. The predicted molar refractivity (Wildman–Crippen MR) is 69.2 cm³/mol. The van der Waals surface area contributed by atoms with Crippen LogP contribution in [-0.4, -0.2) is 35.5 Å². The number of hydrogen-bond donors (Lipinski definition) is 1. The molecule has 0 radical (unpaired) electrons. The third kappa shape index (κ3) is 4.35. The molecule has 1 atom stereocenters. The van der Waals surface area contributed by atoms with Crippen molar-refractivity contribution < 1.29 is 19.1 Å². The molecule has 0 fully saturated rings. The Labute approximate surface area is 111 Å². The lowest BCUT2D eigenvalue weighted by atomic mass is 10.1. The molecule has 1 rings (SSSR count). The van der Waals surface area contributed by atoms with E-state index < -0.39 is 17.8 Å². The number of halogens is 1. The van der Waals surface area contributed by atoms with E-state index in [0.29, 0.717) is 13.0 Å². The van der Waals surface area contributed by atoms with E-state index in [0.717, 1.165) is 5.56 Å². The van der Waals surface area contributed by atoms with Crippen LogP contribution in [0.3, 0.4) is 0 Å². The number of hydrogen-bond acceptors (Lipinski definition) is 2. The van der Waals surface area contributed by atoms with Crippen LogP contribution < -0.4 is 0 Å². The van der Waals surface area contributed by atoms with Crippen molar-refractivity contribution in [2.45, 2.75) is 19.8 Å². The fraction of sp³-hybridized carbons (Fsp3) is 0.429. The number of carboxylic acids is 1. The van der Waals surface area contributed by atoms with E-state index in [1.807, 2.05) is 0 Å². The first-order chi connectivity index (χ1) is 8.95. The lowest BCUT2D eigenvalue weighted by Crippen LogP contribution is -2.37. The number of likely N-dealkylation sites (N-methyl/N-ethyl adjacent to an activating group) is 1. The van der Waals surface area contributed by atoms with Crippen LogP contribution >= 0.6 is 0 Å². The van der Waals surface area contributed by atoms with Crippen LogP contribution in [-0.2, 0) is 16.0 Å². The molecular formula is C14H18FNO3. The van der Waals surface area contributed by atoms with Gasteiger partial charge in [-0.05, 0) is 30.5 Å². The fourth-order valence-corrected chi connectivity index (χ4v) is 1.82. The summed E-state index contributed by atoms with van der Waals surface area (Å²) in [7, 11) is 1.56. The molecule has 1 aromatic rings. The second-order valence-electron chi connectivity index (χ2n) is 4.44. The molecule has 4 nitrogen and oxygen atoms in total. The maximum Gasteiger partial charge on any atom is 0.316 e. The number of carbonyl (C=O) groups excluding carboxylic acids is 1. The summed E-state index contributed by atoms with van der Waals surface area (Å²) < 4.78 is 13.0. The van der Waals surface area contributed by atoms with E-state index >= 15 is 0 Å². The maximum atomic E-state index is 13.0. The number of carbonyl (C=O) groups is 2. The largest absolute Gasteiger partial charge is 0.481 e. The summed E-state index contributed by atoms with van der Waals surface area (Å²) in [5.74, 6) is -2.84. The molecule has 0 saturated heterocycles. The molecule has 1 amide bonds. The van der Waals surface area contributed by atoms with Gasteiger partial charge in [0.1, 0.15) is 11.7 Å². The summed E-state index contributed by atoms with van der Waals surface area (Å²) >= 11 is 0. The molecule has 5 heteroatoms. The zero-order valence-corrected chi connectivity index (χ0v) is 11.1. The van der Waals surface area contributed by atoms with E-state index in [-0.39, 0.29) is 12.2 Å². The third-order valence-corrected chi connectivity index (χ3v) is 3.01. The molecule has 1 aromatic carbocycles. The summed E-state index contributed by atoms with van der Waals surface area (Å²) in [6.07, 6.45) is 0.758. The number of nitrogens with zero attached hydrogens (tertiary/aromatic N) is 1. The summed E-state index contributed by atoms with van der Waals surface area (Å²) in [6.45, 7) is 2.03. The van der Waals surface area contributed by atoms with Gasteiger partial charge in [-0.15, -0.1) is 0 Å². The molecule has 104 valence electrons. The molecular weight excluding hydrogens is 249 g/mol. The van der Waals surface area contributed by atoms with Crippen molar-refractivity contribution in [3.05, 3.63) is 35.6 Å². The lowest BCUT2D eigenvalue weighted by molar-refractivity contribution is -0.150. The molecule has 0 bridgehead atoms. The molecule has 19 heavy (non-hydrogen) atoms. The van der Waals surface area contributed by atoms with Gasteiger partial charge in [0, 0.05) is 13.6 Å². The fourth-order valence-electron chi connectivity index (χ4n) is 1.82. The van der Waals surface area contributed by atoms with E-state index in [4.69, 9.17) is 5.11 Å². The monoisotopic (exact) mass is 267 g/mol. The van der Waals surface area contributed by atoms with Gasteiger partial charge in [0.25, 0.3) is 0 Å². The Morgan fingerprint density at radius 1 is 1.42 bits per heavy atom. The molecule has 0 aliphatic carbocycles. The van der Waals surface area contributed by atoms with Gasteiger partial charge in [-0.1, -0.05) is 19.1 Å². The SMILES string of the molecule is CCC(C(=O)O)C(=O)N(C)CCc1cccc(F)c1. The molecule has 0 aliphatic heterocycles. The van der Waals surface area contributed by atoms with Crippen LogP contribution in [0.25, 0.3) is 0 Å². The van der Waals surface area contributed by atoms with Crippen molar-refractivity contribution in [1.29, 1.82) is 0 Å². The smallest absolute Gasteiger partial charge is 0.316 e. The summed E-state index contributed by atoms with van der Waals surface area (Å²) in [5.41, 5.74) is 0.781. The van der Waals surface area contributed by atoms with Gasteiger partial charge in [-0.2, -0.15) is 0 Å². The lowest BCUT2D eigenvalue weighted by Gasteiger charge is -2.20. The van der Waals surface area contributed by atoms with Crippen LogP contribution in [0, 0.1) is 11.7 Å². The minimum absolute atomic E-state index is 0.262. The molecule has 1 unspecified atom stereocenters. The van der Waals surface area contributed by atoms with Crippen molar-refractivity contribution in [1.82, 2.24) is 4.90 Å². The van der Waals surface area contributed by atoms with Crippen molar-refractivity contribution in [3.8, 4) is 0 Å². The Hall–Kier alpha value is -1.91. The van der Waals surface area contributed by atoms with E-state index in [9.17, 15) is 14.0 Å². The maximum absolute atomic E-state index is 13.0. The number of carboxylic acid groups (broad SMARTS) is 1. The van der Waals surface area contributed by atoms with Crippen LogP contribution in [0.2, 0.25) is 0 Å². The summed E-state index contributed by atoms with van der Waals surface area (Å²) in [4.78, 5) is 24.2. The van der Waals surface area contributed by atoms with Gasteiger partial charge in [0.2, 0.25) is 5.91 Å². The number of benzene rings is 1. The van der Waals surface area contributed by atoms with Crippen molar-refractivity contribution in [3.63, 3.8) is 0 Å². The van der Waals surface area contributed by atoms with Crippen molar-refractivity contribution >= 4 is 11.9 Å². The molecule has 0 spiro atoms. The zero-order chi connectivity index (χ0) is 14.4. The van der Waals surface area contributed by atoms with Gasteiger partial charge in [0.05, 0.1) is 0 Å². The molecule has 0 heterocycles. The molecule has 0 saturated carbocycles. The minimum atomic E-state index is -1.11.